The van der Waals surface area contributed by atoms with E-state index in [9.17, 15) is 9.59 Å². The number of carbonyl (C=O) groups excluding carboxylic acids is 2. The summed E-state index contributed by atoms with van der Waals surface area (Å²) in [5, 5.41) is 0. The molecule has 0 atom stereocenters. The molecule has 2 aromatic rings. The summed E-state index contributed by atoms with van der Waals surface area (Å²) in [6.45, 7) is 2.10. The molecule has 0 unspecified atom stereocenters. The van der Waals surface area contributed by atoms with Crippen molar-refractivity contribution in [3.63, 3.8) is 0 Å². The first-order valence-electron chi connectivity index (χ1n) is 8.40. The van der Waals surface area contributed by atoms with E-state index in [2.05, 4.69) is 0 Å². The largest absolute Gasteiger partial charge is 0.497 e. The first kappa shape index (κ1) is 20.0. The summed E-state index contributed by atoms with van der Waals surface area (Å²) in [6.07, 6.45) is 2.80. The fourth-order valence-corrected chi connectivity index (χ4v) is 2.29. The summed E-state index contributed by atoms with van der Waals surface area (Å²) in [5.41, 5.74) is 1.14. The molecule has 0 N–H and O–H groups in total. The van der Waals surface area contributed by atoms with Gasteiger partial charge < -0.3 is 18.9 Å². The molecule has 142 valence electrons. The average molecular weight is 370 g/mol. The molecule has 0 bridgehead atoms. The van der Waals surface area contributed by atoms with E-state index >= 15 is 0 Å². The van der Waals surface area contributed by atoms with Crippen LogP contribution in [0.15, 0.2) is 48.5 Å². The average Bonchev–Trinajstić information content (AvgIpc) is 2.71. The number of ether oxygens (including phenoxy) is 4. The molecule has 0 amide bonds. The van der Waals surface area contributed by atoms with E-state index in [-0.39, 0.29) is 12.4 Å². The van der Waals surface area contributed by atoms with Crippen molar-refractivity contribution in [1.29, 1.82) is 0 Å². The predicted molar refractivity (Wildman–Crippen MR) is 101 cm³/mol. The third kappa shape index (κ3) is 5.88. The van der Waals surface area contributed by atoms with E-state index < -0.39 is 5.97 Å². The fourth-order valence-electron chi connectivity index (χ4n) is 2.29. The highest BCUT2D eigenvalue weighted by molar-refractivity contribution is 5.99. The first-order valence-corrected chi connectivity index (χ1v) is 8.40. The lowest BCUT2D eigenvalue weighted by Gasteiger charge is -2.07. The Labute approximate surface area is 158 Å². The van der Waals surface area contributed by atoms with Crippen molar-refractivity contribution in [3.8, 4) is 17.2 Å². The molecule has 0 saturated heterocycles. The lowest BCUT2D eigenvalue weighted by atomic mass is 10.1. The highest BCUT2D eigenvalue weighted by Crippen LogP contribution is 2.25. The molecule has 0 aliphatic rings. The zero-order valence-electron chi connectivity index (χ0n) is 15.6. The van der Waals surface area contributed by atoms with Crippen LogP contribution in [0, 0.1) is 0 Å². The van der Waals surface area contributed by atoms with Crippen molar-refractivity contribution >= 4 is 17.8 Å². The lowest BCUT2D eigenvalue weighted by molar-refractivity contribution is -0.136. The van der Waals surface area contributed by atoms with Crippen LogP contribution in [0.5, 0.6) is 17.2 Å². The SMILES string of the molecule is CCOc1ccc(C(=O)COC(=O)/C=C/c2ccc(OC)cc2OC)cc1. The minimum atomic E-state index is -0.618. The second-order valence-electron chi connectivity index (χ2n) is 5.43. The number of ketones is 1. The number of hydrogen-bond acceptors (Lipinski definition) is 6. The van der Waals surface area contributed by atoms with Gasteiger partial charge in [-0.05, 0) is 49.4 Å². The summed E-state index contributed by atoms with van der Waals surface area (Å²) in [6, 6.07) is 11.9. The van der Waals surface area contributed by atoms with Crippen LogP contribution in [0.3, 0.4) is 0 Å². The Morgan fingerprint density at radius 2 is 1.67 bits per heavy atom. The Morgan fingerprint density at radius 1 is 0.963 bits per heavy atom. The van der Waals surface area contributed by atoms with Gasteiger partial charge in [0, 0.05) is 23.3 Å². The van der Waals surface area contributed by atoms with Crippen molar-refractivity contribution in [2.24, 2.45) is 0 Å². The monoisotopic (exact) mass is 370 g/mol. The zero-order valence-corrected chi connectivity index (χ0v) is 15.6. The molecule has 6 nitrogen and oxygen atoms in total. The highest BCUT2D eigenvalue weighted by atomic mass is 16.5. The Morgan fingerprint density at radius 3 is 2.30 bits per heavy atom. The number of hydrogen-bond donors (Lipinski definition) is 0. The molecule has 2 rings (SSSR count). The van der Waals surface area contributed by atoms with Crippen LogP contribution in [-0.2, 0) is 9.53 Å². The standard InChI is InChI=1S/C21H22O6/c1-4-26-17-9-5-15(6-10-17)19(22)14-27-21(23)12-8-16-7-11-18(24-2)13-20(16)25-3/h5-13H,4,14H2,1-3H3/b12-8+. The molecular weight excluding hydrogens is 348 g/mol. The van der Waals surface area contributed by atoms with Gasteiger partial charge in [-0.25, -0.2) is 4.79 Å². The molecule has 0 aromatic heterocycles. The maximum Gasteiger partial charge on any atom is 0.331 e. The van der Waals surface area contributed by atoms with Crippen molar-refractivity contribution in [3.05, 3.63) is 59.7 Å². The van der Waals surface area contributed by atoms with Gasteiger partial charge in [-0.3, -0.25) is 4.79 Å². The molecule has 2 aromatic carbocycles. The topological polar surface area (TPSA) is 71.1 Å². The van der Waals surface area contributed by atoms with E-state index in [0.29, 0.717) is 35.0 Å². The Balaban J connectivity index is 1.92. The highest BCUT2D eigenvalue weighted by Gasteiger charge is 2.09. The number of Topliss-reactive ketones (excluding diaryl/α,β-unsaturated/α-hetero) is 1. The molecule has 0 saturated carbocycles. The van der Waals surface area contributed by atoms with Gasteiger partial charge in [0.15, 0.2) is 12.4 Å². The van der Waals surface area contributed by atoms with Gasteiger partial charge in [0.25, 0.3) is 0 Å². The van der Waals surface area contributed by atoms with Crippen molar-refractivity contribution < 1.29 is 28.5 Å². The Bertz CT molecular complexity index is 808. The van der Waals surface area contributed by atoms with Crippen LogP contribution in [0.2, 0.25) is 0 Å². The maximum atomic E-state index is 12.1. The fraction of sp³-hybridized carbons (Fsp3) is 0.238. The zero-order chi connectivity index (χ0) is 19.6. The molecule has 0 fully saturated rings. The second kappa shape index (κ2) is 10.0. The minimum absolute atomic E-state index is 0.290. The van der Waals surface area contributed by atoms with E-state index in [4.69, 9.17) is 18.9 Å². The molecule has 0 heterocycles. The third-order valence-electron chi connectivity index (χ3n) is 3.67. The molecule has 0 aliphatic carbocycles. The van der Waals surface area contributed by atoms with E-state index in [1.54, 1.807) is 55.7 Å². The molecule has 0 aliphatic heterocycles. The summed E-state index contributed by atoms with van der Waals surface area (Å²) < 4.78 is 20.7. The van der Waals surface area contributed by atoms with Crippen LogP contribution in [0.4, 0.5) is 0 Å². The predicted octanol–water partition coefficient (Wildman–Crippen LogP) is 3.54. The minimum Gasteiger partial charge on any atom is -0.497 e. The van der Waals surface area contributed by atoms with E-state index in [0.717, 1.165) is 0 Å². The van der Waals surface area contributed by atoms with E-state index in [1.165, 1.54) is 13.2 Å². The van der Waals surface area contributed by atoms with Gasteiger partial charge >= 0.3 is 5.97 Å². The maximum absolute atomic E-state index is 12.1. The van der Waals surface area contributed by atoms with Gasteiger partial charge in [0.1, 0.15) is 17.2 Å². The van der Waals surface area contributed by atoms with Gasteiger partial charge in [0.2, 0.25) is 0 Å². The molecule has 0 radical (unpaired) electrons. The summed E-state index contributed by atoms with van der Waals surface area (Å²) >= 11 is 0. The van der Waals surface area contributed by atoms with Crippen molar-refractivity contribution in [2.45, 2.75) is 6.92 Å². The number of carbonyl (C=O) groups is 2. The third-order valence-corrected chi connectivity index (χ3v) is 3.67. The summed E-state index contributed by atoms with van der Waals surface area (Å²) in [5.74, 6) is 0.979. The molecular formula is C21H22O6. The molecule has 6 heteroatoms. The smallest absolute Gasteiger partial charge is 0.331 e. The number of methoxy groups -OCH3 is 2. The van der Waals surface area contributed by atoms with Crippen LogP contribution >= 0.6 is 0 Å². The van der Waals surface area contributed by atoms with Gasteiger partial charge in [0.05, 0.1) is 20.8 Å². The second-order valence-corrected chi connectivity index (χ2v) is 5.43. The van der Waals surface area contributed by atoms with Crippen molar-refractivity contribution in [1.82, 2.24) is 0 Å². The van der Waals surface area contributed by atoms with Crippen LogP contribution in [0.1, 0.15) is 22.8 Å². The molecule has 0 spiro atoms. The molecule has 27 heavy (non-hydrogen) atoms. The van der Waals surface area contributed by atoms with Crippen molar-refractivity contribution in [2.75, 3.05) is 27.4 Å². The Kier molecular flexibility index (Phi) is 7.43. The summed E-state index contributed by atoms with van der Waals surface area (Å²) in [4.78, 5) is 24.0. The number of benzene rings is 2. The van der Waals surface area contributed by atoms with Crippen LogP contribution < -0.4 is 14.2 Å². The number of esters is 1. The summed E-state index contributed by atoms with van der Waals surface area (Å²) in [7, 11) is 3.09. The number of rotatable bonds is 9. The van der Waals surface area contributed by atoms with Crippen LogP contribution in [-0.4, -0.2) is 39.2 Å². The van der Waals surface area contributed by atoms with Gasteiger partial charge in [-0.2, -0.15) is 0 Å². The Hall–Kier alpha value is -3.28. The normalized spacial score (nSPS) is 10.5. The van der Waals surface area contributed by atoms with Crippen LogP contribution in [0.25, 0.3) is 6.08 Å². The van der Waals surface area contributed by atoms with Gasteiger partial charge in [-0.15, -0.1) is 0 Å². The lowest BCUT2D eigenvalue weighted by Crippen LogP contribution is -2.12. The van der Waals surface area contributed by atoms with E-state index in [1.807, 2.05) is 6.92 Å². The quantitative estimate of drug-likeness (QED) is 0.382. The first-order chi connectivity index (χ1) is 13.1. The van der Waals surface area contributed by atoms with Gasteiger partial charge in [-0.1, -0.05) is 0 Å².